The van der Waals surface area contributed by atoms with E-state index in [1.165, 1.54) is 22.3 Å². The molecule has 0 saturated carbocycles. The van der Waals surface area contributed by atoms with Crippen LogP contribution in [0.3, 0.4) is 0 Å². The van der Waals surface area contributed by atoms with Gasteiger partial charge in [0, 0.05) is 33.0 Å². The Balaban J connectivity index is 1.09. The summed E-state index contributed by atoms with van der Waals surface area (Å²) in [6.07, 6.45) is -0.428. The number of fused-ring (bicyclic) bond motifs is 3. The highest BCUT2D eigenvalue weighted by molar-refractivity contribution is 6.15. The van der Waals surface area contributed by atoms with Crippen LogP contribution in [0, 0.1) is 0 Å². The number of nitrogens with zero attached hydrogens (tertiary/aromatic N) is 2. The lowest BCUT2D eigenvalue weighted by Gasteiger charge is -2.24. The molecule has 1 N–H and O–H groups in total. The third-order valence-electron chi connectivity index (χ3n) is 10.4. The number of amidine groups is 2. The molecule has 0 bridgehead atoms. The van der Waals surface area contributed by atoms with Crippen LogP contribution < -0.4 is 5.32 Å². The van der Waals surface area contributed by atoms with Gasteiger partial charge < -0.3 is 9.73 Å². The van der Waals surface area contributed by atoms with E-state index in [9.17, 15) is 0 Å². The monoisotopic (exact) mass is 705 g/mol. The molecular weight excluding hydrogens is 671 g/mol. The molecule has 4 heteroatoms. The average Bonchev–Trinajstić information content (AvgIpc) is 3.67. The van der Waals surface area contributed by atoms with Gasteiger partial charge in [0.2, 0.25) is 0 Å². The van der Waals surface area contributed by atoms with Gasteiger partial charge in [-0.1, -0.05) is 194 Å². The molecule has 0 spiro atoms. The van der Waals surface area contributed by atoms with E-state index in [0.29, 0.717) is 5.84 Å². The zero-order valence-corrected chi connectivity index (χ0v) is 29.9. The number of hydrogen-bond donors (Lipinski definition) is 1. The van der Waals surface area contributed by atoms with Crippen LogP contribution >= 0.6 is 0 Å². The minimum absolute atomic E-state index is 0.428. The Labute approximate surface area is 319 Å². The number of rotatable bonds is 7. The van der Waals surface area contributed by atoms with Crippen molar-refractivity contribution in [1.29, 1.82) is 0 Å². The second-order valence-corrected chi connectivity index (χ2v) is 13.8. The highest BCUT2D eigenvalue weighted by atomic mass is 16.3. The van der Waals surface area contributed by atoms with Crippen LogP contribution in [0.15, 0.2) is 215 Å². The van der Waals surface area contributed by atoms with Crippen LogP contribution in [-0.4, -0.2) is 11.7 Å². The first-order valence-corrected chi connectivity index (χ1v) is 18.6. The van der Waals surface area contributed by atoms with E-state index in [4.69, 9.17) is 14.4 Å². The SMILES string of the molecule is c1ccc(-c2ccc(C3=NC(c4ccc(-c5ccc(-c6ccccc6)cc5)c5oc6ccccc6c45)NC(c4ccc(-c5ccccc5)cc4)=N3)cc2)cc1. The van der Waals surface area contributed by atoms with E-state index in [0.717, 1.165) is 66.7 Å². The van der Waals surface area contributed by atoms with Crippen LogP contribution in [0.4, 0.5) is 0 Å². The number of nitrogens with one attached hydrogen (secondary N) is 1. The maximum atomic E-state index is 6.71. The van der Waals surface area contributed by atoms with E-state index in [-0.39, 0.29) is 0 Å². The van der Waals surface area contributed by atoms with Crippen molar-refractivity contribution in [2.24, 2.45) is 9.98 Å². The van der Waals surface area contributed by atoms with Crippen molar-refractivity contribution in [3.05, 3.63) is 217 Å². The summed E-state index contributed by atoms with van der Waals surface area (Å²) in [5, 5.41) is 5.83. The third-order valence-corrected chi connectivity index (χ3v) is 10.4. The molecule has 10 rings (SSSR count). The highest BCUT2D eigenvalue weighted by Crippen LogP contribution is 2.41. The molecule has 0 aliphatic carbocycles. The normalized spacial score (nSPS) is 14.0. The zero-order valence-electron chi connectivity index (χ0n) is 29.9. The summed E-state index contributed by atoms with van der Waals surface area (Å²) in [7, 11) is 0. The summed E-state index contributed by atoms with van der Waals surface area (Å²) >= 11 is 0. The summed E-state index contributed by atoms with van der Waals surface area (Å²) < 4.78 is 6.71. The van der Waals surface area contributed by atoms with Crippen molar-refractivity contribution in [2.75, 3.05) is 0 Å². The molecule has 9 aromatic rings. The smallest absolute Gasteiger partial charge is 0.159 e. The topological polar surface area (TPSA) is 49.9 Å². The molecule has 8 aromatic carbocycles. The van der Waals surface area contributed by atoms with Gasteiger partial charge in [-0.25, -0.2) is 9.98 Å². The Morgan fingerprint density at radius 2 is 0.855 bits per heavy atom. The molecular formula is C51H35N3O. The first-order chi connectivity index (χ1) is 27.2. The Morgan fingerprint density at radius 3 is 1.42 bits per heavy atom. The molecule has 1 atom stereocenters. The number of benzene rings is 8. The molecule has 1 aromatic heterocycles. The maximum Gasteiger partial charge on any atom is 0.159 e. The Morgan fingerprint density at radius 1 is 0.400 bits per heavy atom. The molecule has 1 aliphatic rings. The van der Waals surface area contributed by atoms with E-state index in [2.05, 4.69) is 175 Å². The standard InChI is InChI=1S/C51H35N3O/c1-4-12-34(13-5-1)37-20-26-40(27-21-37)43-32-33-45(47-44-18-10-11-19-46(44)55-48(43)47)51-53-49(41-28-22-38(23-29-41)35-14-6-2-7-15-35)52-50(54-51)42-30-24-39(25-31-42)36-16-8-3-9-17-36/h1-33,51H,(H,52,53,54). The lowest BCUT2D eigenvalue weighted by molar-refractivity contribution is 0.663. The molecule has 0 radical (unpaired) electrons. The van der Waals surface area contributed by atoms with Crippen LogP contribution in [-0.2, 0) is 0 Å². The van der Waals surface area contributed by atoms with Crippen molar-refractivity contribution < 1.29 is 4.42 Å². The largest absolute Gasteiger partial charge is 0.455 e. The molecule has 55 heavy (non-hydrogen) atoms. The van der Waals surface area contributed by atoms with Gasteiger partial charge in [-0.05, 0) is 45.0 Å². The van der Waals surface area contributed by atoms with Crippen LogP contribution in [0.5, 0.6) is 0 Å². The molecule has 0 saturated heterocycles. The minimum atomic E-state index is -0.428. The quantitative estimate of drug-likeness (QED) is 0.179. The van der Waals surface area contributed by atoms with E-state index in [1.54, 1.807) is 0 Å². The number of para-hydroxylation sites is 1. The minimum Gasteiger partial charge on any atom is -0.455 e. The summed E-state index contributed by atoms with van der Waals surface area (Å²) in [4.78, 5) is 10.5. The van der Waals surface area contributed by atoms with Gasteiger partial charge >= 0.3 is 0 Å². The van der Waals surface area contributed by atoms with Crippen molar-refractivity contribution in [3.63, 3.8) is 0 Å². The van der Waals surface area contributed by atoms with Crippen LogP contribution in [0.1, 0.15) is 22.9 Å². The summed E-state index contributed by atoms with van der Waals surface area (Å²) in [6, 6.07) is 69.8. The predicted octanol–water partition coefficient (Wildman–Crippen LogP) is 12.7. The summed E-state index contributed by atoms with van der Waals surface area (Å²) in [6.45, 7) is 0. The fraction of sp³-hybridized carbons (Fsp3) is 0.0196. The predicted molar refractivity (Wildman–Crippen MR) is 227 cm³/mol. The Bertz CT molecular complexity index is 2840. The van der Waals surface area contributed by atoms with E-state index >= 15 is 0 Å². The molecule has 1 unspecified atom stereocenters. The van der Waals surface area contributed by atoms with Gasteiger partial charge in [-0.3, -0.25) is 0 Å². The van der Waals surface area contributed by atoms with E-state index in [1.807, 2.05) is 30.3 Å². The van der Waals surface area contributed by atoms with Crippen molar-refractivity contribution in [2.45, 2.75) is 6.17 Å². The number of furan rings is 1. The third kappa shape index (κ3) is 6.20. The van der Waals surface area contributed by atoms with Crippen molar-refractivity contribution >= 4 is 33.6 Å². The molecule has 260 valence electrons. The second kappa shape index (κ2) is 13.9. The summed E-state index contributed by atoms with van der Waals surface area (Å²) in [5.41, 5.74) is 13.8. The van der Waals surface area contributed by atoms with Gasteiger partial charge in [0.25, 0.3) is 0 Å². The lowest BCUT2D eigenvalue weighted by Crippen LogP contribution is -2.33. The Hall–Kier alpha value is -7.30. The van der Waals surface area contributed by atoms with Gasteiger partial charge in [-0.2, -0.15) is 0 Å². The first kappa shape index (κ1) is 32.4. The fourth-order valence-corrected chi connectivity index (χ4v) is 7.56. The fourth-order valence-electron chi connectivity index (χ4n) is 7.56. The Kier molecular flexibility index (Phi) is 8.19. The zero-order chi connectivity index (χ0) is 36.6. The molecule has 2 heterocycles. The van der Waals surface area contributed by atoms with Gasteiger partial charge in [0.1, 0.15) is 23.2 Å². The summed E-state index contributed by atoms with van der Waals surface area (Å²) in [5.74, 6) is 1.44. The van der Waals surface area contributed by atoms with Crippen LogP contribution in [0.25, 0.3) is 66.4 Å². The van der Waals surface area contributed by atoms with E-state index < -0.39 is 6.17 Å². The van der Waals surface area contributed by atoms with Gasteiger partial charge in [-0.15, -0.1) is 0 Å². The highest BCUT2D eigenvalue weighted by Gasteiger charge is 2.26. The average molecular weight is 706 g/mol. The van der Waals surface area contributed by atoms with Crippen LogP contribution in [0.2, 0.25) is 0 Å². The number of aliphatic imine (C=N–C) groups is 2. The molecule has 4 nitrogen and oxygen atoms in total. The molecule has 0 amide bonds. The molecule has 0 fully saturated rings. The number of hydrogen-bond acceptors (Lipinski definition) is 4. The first-order valence-electron chi connectivity index (χ1n) is 18.6. The van der Waals surface area contributed by atoms with Crippen molar-refractivity contribution in [1.82, 2.24) is 5.32 Å². The van der Waals surface area contributed by atoms with Gasteiger partial charge in [0.05, 0.1) is 0 Å². The van der Waals surface area contributed by atoms with Gasteiger partial charge in [0.15, 0.2) is 5.84 Å². The maximum absolute atomic E-state index is 6.71. The molecule has 1 aliphatic heterocycles. The van der Waals surface area contributed by atoms with Crippen molar-refractivity contribution in [3.8, 4) is 44.5 Å². The lowest BCUT2D eigenvalue weighted by atomic mass is 9.95. The second-order valence-electron chi connectivity index (χ2n) is 13.8.